The van der Waals surface area contributed by atoms with Crippen molar-refractivity contribution < 1.29 is 23.8 Å². The van der Waals surface area contributed by atoms with Gasteiger partial charge in [-0.25, -0.2) is 19.2 Å². The maximum absolute atomic E-state index is 14.1. The SMILES string of the molecule is CCN(C(=O)Cn1c(-c2ccc3nc(-c4ccc(F)cc4)ccc3c2)c(C2CCCCC2)c2sc(C(=O)O)cc21)N1CCOCC1. The fourth-order valence-electron chi connectivity index (χ4n) is 7.10. The van der Waals surface area contributed by atoms with Crippen molar-refractivity contribution in [3.63, 3.8) is 0 Å². The highest BCUT2D eigenvalue weighted by atomic mass is 32.1. The number of likely N-dealkylation sites (N-methyl/N-ethyl adjacent to an activating group) is 1. The van der Waals surface area contributed by atoms with Gasteiger partial charge in [0, 0.05) is 30.6 Å². The summed E-state index contributed by atoms with van der Waals surface area (Å²) in [4.78, 5) is 31.4. The number of morpholine rings is 1. The third-order valence-electron chi connectivity index (χ3n) is 9.31. The number of aromatic carboxylic acids is 1. The third kappa shape index (κ3) is 5.81. The van der Waals surface area contributed by atoms with Gasteiger partial charge in [-0.3, -0.25) is 9.80 Å². The van der Waals surface area contributed by atoms with Gasteiger partial charge in [-0.15, -0.1) is 11.3 Å². The number of carbonyl (C=O) groups excluding carboxylic acids is 1. The fourth-order valence-corrected chi connectivity index (χ4v) is 8.22. The van der Waals surface area contributed by atoms with Crippen molar-refractivity contribution >= 4 is 44.3 Å². The summed E-state index contributed by atoms with van der Waals surface area (Å²) in [6, 6.07) is 18.3. The number of halogens is 1. The van der Waals surface area contributed by atoms with Crippen LogP contribution in [-0.2, 0) is 16.1 Å². The van der Waals surface area contributed by atoms with E-state index in [2.05, 4.69) is 21.7 Å². The Labute approximate surface area is 271 Å². The minimum atomic E-state index is -0.951. The van der Waals surface area contributed by atoms with Crippen LogP contribution in [0.1, 0.15) is 60.2 Å². The molecule has 1 aliphatic carbocycles. The molecule has 238 valence electrons. The summed E-state index contributed by atoms with van der Waals surface area (Å²) in [7, 11) is 0. The Morgan fingerprint density at radius 3 is 2.46 bits per heavy atom. The lowest BCUT2D eigenvalue weighted by molar-refractivity contribution is -0.156. The Hall–Kier alpha value is -4.12. The zero-order chi connectivity index (χ0) is 31.8. The second kappa shape index (κ2) is 12.9. The number of nitrogens with zero attached hydrogens (tertiary/aromatic N) is 4. The summed E-state index contributed by atoms with van der Waals surface area (Å²) in [5.74, 6) is -0.995. The van der Waals surface area contributed by atoms with Gasteiger partial charge < -0.3 is 14.4 Å². The summed E-state index contributed by atoms with van der Waals surface area (Å²) in [6.07, 6.45) is 5.52. The first-order valence-electron chi connectivity index (χ1n) is 16.1. The average molecular weight is 641 g/mol. The van der Waals surface area contributed by atoms with E-state index in [1.165, 1.54) is 29.9 Å². The number of carboxylic acid groups (broad SMARTS) is 1. The van der Waals surface area contributed by atoms with E-state index in [4.69, 9.17) is 9.72 Å². The van der Waals surface area contributed by atoms with Crippen molar-refractivity contribution in [3.8, 4) is 22.5 Å². The molecule has 3 aromatic heterocycles. The average Bonchev–Trinajstić information content (AvgIpc) is 3.64. The molecule has 2 aromatic carbocycles. The van der Waals surface area contributed by atoms with Crippen LogP contribution >= 0.6 is 11.3 Å². The summed E-state index contributed by atoms with van der Waals surface area (Å²) < 4.78 is 22.1. The summed E-state index contributed by atoms with van der Waals surface area (Å²) in [6.45, 7) is 5.08. The molecular formula is C36H37FN4O4S. The van der Waals surface area contributed by atoms with Crippen LogP contribution in [0.15, 0.2) is 60.7 Å². The second-order valence-corrected chi connectivity index (χ2v) is 13.2. The molecular weight excluding hydrogens is 603 g/mol. The van der Waals surface area contributed by atoms with Gasteiger partial charge in [-0.05, 0) is 85.3 Å². The normalized spacial score (nSPS) is 16.3. The van der Waals surface area contributed by atoms with Crippen LogP contribution in [0.3, 0.4) is 0 Å². The number of hydrazine groups is 1. The number of amides is 1. The summed E-state index contributed by atoms with van der Waals surface area (Å²) in [5, 5.41) is 14.8. The van der Waals surface area contributed by atoms with Crippen LogP contribution in [0.25, 0.3) is 43.6 Å². The number of benzene rings is 2. The van der Waals surface area contributed by atoms with E-state index in [0.717, 1.165) is 74.9 Å². The van der Waals surface area contributed by atoms with E-state index >= 15 is 0 Å². The van der Waals surface area contributed by atoms with Crippen LogP contribution in [0, 0.1) is 5.82 Å². The highest BCUT2D eigenvalue weighted by Crippen LogP contribution is 2.47. The van der Waals surface area contributed by atoms with Crippen LogP contribution < -0.4 is 0 Å². The Morgan fingerprint density at radius 1 is 1.00 bits per heavy atom. The molecule has 1 N–H and O–H groups in total. The largest absolute Gasteiger partial charge is 0.477 e. The standard InChI is InChI=1S/C36H37FN4O4S/c1-2-41(39-16-18-45-19-17-39)32(42)22-40-30-21-31(36(43)44)46-35(30)33(24-6-4-3-5-7-24)34(40)26-11-15-29-25(20-26)10-14-28(38-29)23-8-12-27(37)13-9-23/h8-15,20-21,24H,2-7,16-19,22H2,1H3,(H,43,44). The first kappa shape index (κ1) is 30.5. The van der Waals surface area contributed by atoms with E-state index in [1.807, 2.05) is 30.1 Å². The smallest absolute Gasteiger partial charge is 0.345 e. The van der Waals surface area contributed by atoms with Gasteiger partial charge in [0.1, 0.15) is 17.2 Å². The number of rotatable bonds is 8. The molecule has 0 atom stereocenters. The van der Waals surface area contributed by atoms with Gasteiger partial charge in [0.2, 0.25) is 0 Å². The quantitative estimate of drug-likeness (QED) is 0.188. The van der Waals surface area contributed by atoms with Gasteiger partial charge >= 0.3 is 5.97 Å². The summed E-state index contributed by atoms with van der Waals surface area (Å²) >= 11 is 1.32. The fraction of sp³-hybridized carbons (Fsp3) is 0.361. The molecule has 5 aromatic rings. The third-order valence-corrected chi connectivity index (χ3v) is 10.5. The molecule has 1 amide bonds. The van der Waals surface area contributed by atoms with E-state index in [1.54, 1.807) is 18.2 Å². The number of hydrogen-bond donors (Lipinski definition) is 1. The Bertz CT molecular complexity index is 1910. The molecule has 1 saturated carbocycles. The Balaban J connectivity index is 1.37. The molecule has 0 unspecified atom stereocenters. The van der Waals surface area contributed by atoms with Crippen LogP contribution in [0.4, 0.5) is 4.39 Å². The number of fused-ring (bicyclic) bond motifs is 2. The molecule has 46 heavy (non-hydrogen) atoms. The predicted octanol–water partition coefficient (Wildman–Crippen LogP) is 7.57. The van der Waals surface area contributed by atoms with Gasteiger partial charge in [-0.2, -0.15) is 0 Å². The van der Waals surface area contributed by atoms with Crippen molar-refractivity contribution in [3.05, 3.63) is 76.9 Å². The van der Waals surface area contributed by atoms with Crippen molar-refractivity contribution in [2.24, 2.45) is 0 Å². The first-order chi connectivity index (χ1) is 22.4. The number of pyridine rings is 1. The van der Waals surface area contributed by atoms with Crippen LogP contribution in [-0.4, -0.2) is 69.4 Å². The molecule has 0 radical (unpaired) electrons. The van der Waals surface area contributed by atoms with Crippen LogP contribution in [0.2, 0.25) is 0 Å². The Morgan fingerprint density at radius 2 is 1.74 bits per heavy atom. The van der Waals surface area contributed by atoms with Gasteiger partial charge in [0.05, 0.1) is 40.3 Å². The van der Waals surface area contributed by atoms with Crippen molar-refractivity contribution in [2.75, 3.05) is 32.8 Å². The maximum atomic E-state index is 14.1. The number of thiophene rings is 1. The van der Waals surface area contributed by atoms with Gasteiger partial charge in [0.25, 0.3) is 5.91 Å². The minimum Gasteiger partial charge on any atom is -0.477 e. The number of carboxylic acids is 1. The Kier molecular flexibility index (Phi) is 8.59. The number of hydrogen-bond acceptors (Lipinski definition) is 6. The number of carbonyl (C=O) groups is 2. The van der Waals surface area contributed by atoms with Crippen LogP contribution in [0.5, 0.6) is 0 Å². The number of aromatic nitrogens is 2. The highest BCUT2D eigenvalue weighted by Gasteiger charge is 2.31. The van der Waals surface area contributed by atoms with Gasteiger partial charge in [-0.1, -0.05) is 31.4 Å². The monoisotopic (exact) mass is 640 g/mol. The first-order valence-corrected chi connectivity index (χ1v) is 16.9. The van der Waals surface area contributed by atoms with E-state index in [9.17, 15) is 19.1 Å². The molecule has 8 nitrogen and oxygen atoms in total. The topological polar surface area (TPSA) is 87.9 Å². The lowest BCUT2D eigenvalue weighted by Crippen LogP contribution is -2.52. The van der Waals surface area contributed by atoms with Crippen molar-refractivity contribution in [1.82, 2.24) is 19.6 Å². The molecule has 0 spiro atoms. The highest BCUT2D eigenvalue weighted by molar-refractivity contribution is 7.21. The molecule has 4 heterocycles. The minimum absolute atomic E-state index is 0.0350. The molecule has 7 rings (SSSR count). The van der Waals surface area contributed by atoms with E-state index in [0.29, 0.717) is 32.8 Å². The molecule has 0 bridgehead atoms. The maximum Gasteiger partial charge on any atom is 0.345 e. The van der Waals surface area contributed by atoms with E-state index < -0.39 is 5.97 Å². The summed E-state index contributed by atoms with van der Waals surface area (Å²) in [5.41, 5.74) is 6.35. The van der Waals surface area contributed by atoms with Gasteiger partial charge in [0.15, 0.2) is 0 Å². The van der Waals surface area contributed by atoms with Crippen molar-refractivity contribution in [2.45, 2.75) is 51.5 Å². The van der Waals surface area contributed by atoms with E-state index in [-0.39, 0.29) is 29.1 Å². The zero-order valence-corrected chi connectivity index (χ0v) is 26.7. The number of ether oxygens (including phenoxy) is 1. The molecule has 2 aliphatic rings. The second-order valence-electron chi connectivity index (χ2n) is 12.1. The van der Waals surface area contributed by atoms with Crippen molar-refractivity contribution in [1.29, 1.82) is 0 Å². The molecule has 1 saturated heterocycles. The predicted molar refractivity (Wildman–Crippen MR) is 179 cm³/mol. The molecule has 10 heteroatoms. The molecule has 2 fully saturated rings. The lowest BCUT2D eigenvalue weighted by Gasteiger charge is -2.36. The molecule has 1 aliphatic heterocycles. The zero-order valence-electron chi connectivity index (χ0n) is 25.9. The lowest BCUT2D eigenvalue weighted by atomic mass is 9.83.